The van der Waals surface area contributed by atoms with E-state index in [2.05, 4.69) is 6.92 Å². The Morgan fingerprint density at radius 2 is 1.95 bits per heavy atom. The molecule has 4 unspecified atom stereocenters. The number of rotatable bonds is 2. The second kappa shape index (κ2) is 8.13. The second-order valence-corrected chi connectivity index (χ2v) is 9.87. The minimum atomic E-state index is -0.826. The van der Waals surface area contributed by atoms with Crippen LogP contribution in [-0.2, 0) is 20.8 Å². The van der Waals surface area contributed by atoms with Crippen LogP contribution in [0.4, 0.5) is 0 Å². The van der Waals surface area contributed by atoms with Crippen molar-refractivity contribution in [2.45, 2.75) is 39.2 Å². The third-order valence-electron chi connectivity index (χ3n) is 4.85. The van der Waals surface area contributed by atoms with Crippen molar-refractivity contribution < 1.29 is 26.0 Å². The van der Waals surface area contributed by atoms with Gasteiger partial charge in [0.1, 0.15) is 5.75 Å². The van der Waals surface area contributed by atoms with E-state index in [0.29, 0.717) is 11.8 Å². The summed E-state index contributed by atoms with van der Waals surface area (Å²) < 4.78 is 0. The van der Waals surface area contributed by atoms with Crippen molar-refractivity contribution in [2.75, 3.05) is 0 Å². The van der Waals surface area contributed by atoms with Gasteiger partial charge in [0.15, 0.2) is 0 Å². The number of phenols is 1. The number of hydrogen-bond acceptors (Lipinski definition) is 2. The van der Waals surface area contributed by atoms with Crippen molar-refractivity contribution >= 4 is 23.2 Å². The predicted molar refractivity (Wildman–Crippen MR) is 85.9 cm³/mol. The maximum absolute atomic E-state index is 9.95. The van der Waals surface area contributed by atoms with E-state index in [1.807, 2.05) is 31.3 Å². The van der Waals surface area contributed by atoms with Crippen LogP contribution in [0.25, 0.3) is 0 Å². The molecule has 0 saturated heterocycles. The van der Waals surface area contributed by atoms with E-state index in [4.69, 9.17) is 22.0 Å². The summed E-state index contributed by atoms with van der Waals surface area (Å²) in [5.74, 6) is 2.95. The van der Waals surface area contributed by atoms with Crippen LogP contribution in [0, 0.1) is 24.7 Å². The van der Waals surface area contributed by atoms with Crippen LogP contribution in [0.1, 0.15) is 37.3 Å². The van der Waals surface area contributed by atoms with Crippen molar-refractivity contribution in [2.24, 2.45) is 22.7 Å². The molecule has 3 rings (SSSR count). The molecular formula is C16H21Cl2NOZr. The zero-order valence-corrected chi connectivity index (χ0v) is 16.4. The molecule has 0 aromatic heterocycles. The molecule has 0 aliphatic heterocycles. The van der Waals surface area contributed by atoms with Crippen molar-refractivity contribution in [3.05, 3.63) is 29.3 Å². The molecule has 4 atom stereocenters. The third kappa shape index (κ3) is 4.33. The topological polar surface area (TPSA) is 32.6 Å². The number of benzene rings is 1. The molecule has 2 nitrogen and oxygen atoms in total. The number of para-hydroxylation sites is 1. The molecule has 2 saturated carbocycles. The summed E-state index contributed by atoms with van der Waals surface area (Å²) in [6.07, 6.45) is 5.82. The first-order chi connectivity index (χ1) is 10.1. The molecule has 2 fully saturated rings. The number of hydrogen-bond donors (Lipinski definition) is 1. The van der Waals surface area contributed by atoms with E-state index in [0.717, 1.165) is 28.9 Å². The minimum absolute atomic E-state index is 0.373. The zero-order chi connectivity index (χ0) is 15.4. The first-order valence-corrected chi connectivity index (χ1v) is 13.7. The number of halogens is 2. The van der Waals surface area contributed by atoms with Crippen LogP contribution < -0.4 is 0 Å². The van der Waals surface area contributed by atoms with Crippen LogP contribution in [0.2, 0.25) is 0 Å². The van der Waals surface area contributed by atoms with Gasteiger partial charge >= 0.3 is 37.9 Å². The van der Waals surface area contributed by atoms with E-state index >= 15 is 0 Å². The Bertz CT molecular complexity index is 507. The average molecular weight is 405 g/mol. The van der Waals surface area contributed by atoms with Gasteiger partial charge < -0.3 is 5.11 Å². The van der Waals surface area contributed by atoms with Crippen molar-refractivity contribution in [1.82, 2.24) is 0 Å². The normalized spacial score (nSPS) is 30.3. The van der Waals surface area contributed by atoms with Gasteiger partial charge in [-0.05, 0) is 55.6 Å². The second-order valence-electron chi connectivity index (χ2n) is 6.13. The first kappa shape index (κ1) is 17.5. The van der Waals surface area contributed by atoms with E-state index in [-0.39, 0.29) is 0 Å². The summed E-state index contributed by atoms with van der Waals surface area (Å²) in [5.41, 5.74) is 1.77. The van der Waals surface area contributed by atoms with Crippen molar-refractivity contribution in [3.8, 4) is 5.75 Å². The average Bonchev–Trinajstić information content (AvgIpc) is 3.00. The van der Waals surface area contributed by atoms with E-state index in [9.17, 15) is 5.11 Å². The van der Waals surface area contributed by atoms with Crippen LogP contribution in [0.5, 0.6) is 5.75 Å². The van der Waals surface area contributed by atoms with Gasteiger partial charge in [-0.1, -0.05) is 19.1 Å². The molecule has 21 heavy (non-hydrogen) atoms. The summed E-state index contributed by atoms with van der Waals surface area (Å²) in [4.78, 5) is 4.73. The quantitative estimate of drug-likeness (QED) is 0.696. The number of nitrogens with zero attached hydrogens (tertiary/aromatic N) is 1. The molecule has 1 aromatic rings. The fraction of sp³-hybridized carbons (Fsp3) is 0.562. The molecule has 2 bridgehead atoms. The van der Waals surface area contributed by atoms with Gasteiger partial charge in [0, 0.05) is 11.8 Å². The summed E-state index contributed by atoms with van der Waals surface area (Å²) in [5, 5.41) is 9.95. The molecule has 5 heteroatoms. The van der Waals surface area contributed by atoms with Crippen LogP contribution in [0.15, 0.2) is 23.2 Å². The Hall–Kier alpha value is 0.153. The molecule has 2 aliphatic rings. The SMILES string of the molecule is Cc1cccc(C=NC2CC3CC2CC3C)c1O.[Cl][Zr][Cl]. The summed E-state index contributed by atoms with van der Waals surface area (Å²) >= 11 is -0.826. The standard InChI is InChI=1S/C16H21NO.2ClH.Zr/c1-10-4-3-5-12(16(10)18)9-17-15-8-13-7-14(15)6-11(13)2;;;/h3-5,9,11,13-15,18H,6-8H2,1-2H3;2*1H;/q;;;+2/p-2. The molecule has 0 amide bonds. The molecule has 0 radical (unpaired) electrons. The molecular weight excluding hydrogens is 384 g/mol. The van der Waals surface area contributed by atoms with Crippen LogP contribution >= 0.6 is 17.0 Å². The van der Waals surface area contributed by atoms with E-state index < -0.39 is 20.8 Å². The van der Waals surface area contributed by atoms with Gasteiger partial charge in [0.25, 0.3) is 0 Å². The molecule has 2 aliphatic carbocycles. The van der Waals surface area contributed by atoms with Gasteiger partial charge in [-0.2, -0.15) is 0 Å². The third-order valence-corrected chi connectivity index (χ3v) is 4.85. The van der Waals surface area contributed by atoms with Crippen molar-refractivity contribution in [3.63, 3.8) is 0 Å². The van der Waals surface area contributed by atoms with Crippen LogP contribution in [0.3, 0.4) is 0 Å². The molecule has 1 N–H and O–H groups in total. The predicted octanol–water partition coefficient (Wildman–Crippen LogP) is 4.93. The van der Waals surface area contributed by atoms with Gasteiger partial charge in [-0.3, -0.25) is 4.99 Å². The Balaban J connectivity index is 0.000000497. The monoisotopic (exact) mass is 403 g/mol. The first-order valence-electron chi connectivity index (χ1n) is 7.34. The summed E-state index contributed by atoms with van der Waals surface area (Å²) in [6.45, 7) is 4.29. The maximum atomic E-state index is 9.95. The molecule has 1 aromatic carbocycles. The molecule has 0 heterocycles. The van der Waals surface area contributed by atoms with Gasteiger partial charge in [0.05, 0.1) is 6.04 Å². The number of aliphatic imine (C=N–C) groups is 1. The van der Waals surface area contributed by atoms with Crippen LogP contribution in [-0.4, -0.2) is 17.4 Å². The number of aromatic hydroxyl groups is 1. The Kier molecular flexibility index (Phi) is 6.78. The summed E-state index contributed by atoms with van der Waals surface area (Å²) in [6, 6.07) is 6.32. The van der Waals surface area contributed by atoms with E-state index in [1.165, 1.54) is 19.3 Å². The molecule has 0 spiro atoms. The van der Waals surface area contributed by atoms with E-state index in [1.54, 1.807) is 0 Å². The fourth-order valence-corrected chi connectivity index (χ4v) is 3.68. The Morgan fingerprint density at radius 3 is 2.52 bits per heavy atom. The van der Waals surface area contributed by atoms with Gasteiger partial charge in [-0.15, -0.1) is 0 Å². The summed E-state index contributed by atoms with van der Waals surface area (Å²) in [7, 11) is 9.87. The number of aryl methyl sites for hydroxylation is 1. The zero-order valence-electron chi connectivity index (χ0n) is 12.4. The Morgan fingerprint density at radius 1 is 1.24 bits per heavy atom. The molecule has 114 valence electrons. The number of fused-ring (bicyclic) bond motifs is 2. The van der Waals surface area contributed by atoms with Gasteiger partial charge in [0.2, 0.25) is 0 Å². The Labute approximate surface area is 145 Å². The number of phenolic OH excluding ortho intramolecular Hbond substituents is 1. The fourth-order valence-electron chi connectivity index (χ4n) is 3.68. The van der Waals surface area contributed by atoms with Gasteiger partial charge in [-0.25, -0.2) is 0 Å². The van der Waals surface area contributed by atoms with Crippen molar-refractivity contribution in [1.29, 1.82) is 0 Å².